The Balaban J connectivity index is 0.00000544. The Kier molecular flexibility index (Phi) is 12.8. The number of azo groups is 1. The van der Waals surface area contributed by atoms with Gasteiger partial charge in [0, 0.05) is 19.7 Å². The number of aliphatic hydroxyl groups excluding tert-OH is 2. The molecule has 0 spiro atoms. The van der Waals surface area contributed by atoms with Crippen molar-refractivity contribution in [3.05, 3.63) is 41.4 Å². The van der Waals surface area contributed by atoms with E-state index in [0.717, 1.165) is 0 Å². The molecule has 0 bridgehead atoms. The van der Waals surface area contributed by atoms with E-state index in [0.29, 0.717) is 16.4 Å². The summed E-state index contributed by atoms with van der Waals surface area (Å²) >= 11 is 6.30. The number of rotatable bonds is 12. The van der Waals surface area contributed by atoms with Gasteiger partial charge in [-0.05, 0) is 36.4 Å². The predicted molar refractivity (Wildman–Crippen MR) is 120 cm³/mol. The normalized spacial score (nSPS) is 11.6. The Morgan fingerprint density at radius 1 is 1.06 bits per heavy atom. The molecular formula is C18H22ClN4NaO7S2. The first-order chi connectivity index (χ1) is 15.2. The monoisotopic (exact) mass is 528 g/mol. The molecule has 0 radical (unpaired) electrons. The standard InChI is InChI=1S/C18H22ClN4O7S2.Na/c19-15-11-17(16(20)12-18(15)23(5-7-24)6-8-25)22-21-13-1-3-14(4-2-13)32(28,29)10-9-30-31(26)27;/h1-4,11-12,24-25H,5-10,20H2;/q-1;+1. The van der Waals surface area contributed by atoms with Gasteiger partial charge in [-0.1, -0.05) is 11.6 Å². The minimum absolute atomic E-state index is 0. The molecule has 2 aromatic rings. The zero-order valence-corrected chi connectivity index (χ0v) is 22.1. The van der Waals surface area contributed by atoms with E-state index in [-0.39, 0.29) is 72.1 Å². The number of hydrogen-bond donors (Lipinski definition) is 3. The van der Waals surface area contributed by atoms with Crippen LogP contribution >= 0.6 is 11.6 Å². The molecule has 4 N–H and O–H groups in total. The van der Waals surface area contributed by atoms with Gasteiger partial charge in [-0.25, -0.2) is 8.42 Å². The van der Waals surface area contributed by atoms with Crippen molar-refractivity contribution < 1.29 is 60.8 Å². The average Bonchev–Trinajstić information content (AvgIpc) is 2.74. The van der Waals surface area contributed by atoms with E-state index in [1.807, 2.05) is 0 Å². The second kappa shape index (κ2) is 14.2. The molecule has 0 unspecified atom stereocenters. The van der Waals surface area contributed by atoms with E-state index in [1.165, 1.54) is 30.3 Å². The first-order valence-electron chi connectivity index (χ1n) is 9.20. The number of benzene rings is 2. The SMILES string of the molecule is Nc1cc(N(CCO)CCO)c(Cl)cc1N=Nc1ccc(S(=O)(=O)CCO[S-](=O)=O)cc1.[Na+]. The number of aliphatic hydroxyl groups is 2. The van der Waals surface area contributed by atoms with Gasteiger partial charge >= 0.3 is 29.6 Å². The summed E-state index contributed by atoms with van der Waals surface area (Å²) in [5.74, 6) is -0.493. The summed E-state index contributed by atoms with van der Waals surface area (Å²) in [7, 11) is -6.50. The maximum Gasteiger partial charge on any atom is 1.00 e. The van der Waals surface area contributed by atoms with Crippen LogP contribution in [0, 0.1) is 0 Å². The summed E-state index contributed by atoms with van der Waals surface area (Å²) in [6, 6.07) is 8.56. The topological polar surface area (TPSA) is 172 Å². The predicted octanol–water partition coefficient (Wildman–Crippen LogP) is -0.853. The smallest absolute Gasteiger partial charge is 0.423 e. The van der Waals surface area contributed by atoms with Crippen LogP contribution in [0.4, 0.5) is 22.7 Å². The molecule has 0 saturated heterocycles. The maximum atomic E-state index is 12.2. The summed E-state index contributed by atoms with van der Waals surface area (Å²) < 4.78 is 49.2. The molecule has 11 nitrogen and oxygen atoms in total. The molecule has 2 rings (SSSR count). The molecule has 15 heteroatoms. The fourth-order valence-electron chi connectivity index (χ4n) is 2.65. The molecule has 2 aromatic carbocycles. The Morgan fingerprint density at radius 2 is 1.67 bits per heavy atom. The fraction of sp³-hybridized carbons (Fsp3) is 0.333. The van der Waals surface area contributed by atoms with Gasteiger partial charge in [-0.15, -0.1) is 5.11 Å². The molecular weight excluding hydrogens is 507 g/mol. The van der Waals surface area contributed by atoms with Gasteiger partial charge in [-0.2, -0.15) is 5.11 Å². The van der Waals surface area contributed by atoms with Crippen molar-refractivity contribution in [1.29, 1.82) is 0 Å². The largest absolute Gasteiger partial charge is 1.00 e. The van der Waals surface area contributed by atoms with Crippen LogP contribution in [0.5, 0.6) is 0 Å². The van der Waals surface area contributed by atoms with Crippen LogP contribution in [0.1, 0.15) is 0 Å². The van der Waals surface area contributed by atoms with Crippen LogP contribution in [0.25, 0.3) is 0 Å². The number of hydrogen-bond acceptors (Lipinski definition) is 12. The molecule has 0 fully saturated rings. The van der Waals surface area contributed by atoms with E-state index in [2.05, 4.69) is 14.4 Å². The molecule has 0 aromatic heterocycles. The van der Waals surface area contributed by atoms with Crippen molar-refractivity contribution in [1.82, 2.24) is 0 Å². The molecule has 0 heterocycles. The van der Waals surface area contributed by atoms with E-state index >= 15 is 0 Å². The number of sulfone groups is 1. The quantitative estimate of drug-likeness (QED) is 0.137. The summed E-state index contributed by atoms with van der Waals surface area (Å²) in [6.45, 7) is -0.222. The zero-order valence-electron chi connectivity index (χ0n) is 17.8. The van der Waals surface area contributed by atoms with Gasteiger partial charge in [0.25, 0.3) is 0 Å². The zero-order chi connectivity index (χ0) is 23.7. The summed E-state index contributed by atoms with van der Waals surface area (Å²) in [6.07, 6.45) is 0. The van der Waals surface area contributed by atoms with Gasteiger partial charge in [0.2, 0.25) is 0 Å². The van der Waals surface area contributed by atoms with Gasteiger partial charge in [0.1, 0.15) is 5.69 Å². The second-order valence-corrected chi connectivity index (χ2v) is 9.50. The first kappa shape index (κ1) is 29.7. The van der Waals surface area contributed by atoms with Crippen molar-refractivity contribution >= 4 is 55.2 Å². The Bertz CT molecular complexity index is 1120. The Labute approximate surface area is 220 Å². The van der Waals surface area contributed by atoms with Crippen LogP contribution < -0.4 is 40.2 Å². The van der Waals surface area contributed by atoms with Crippen LogP contribution in [0.15, 0.2) is 51.5 Å². The van der Waals surface area contributed by atoms with Crippen molar-refractivity contribution in [3.63, 3.8) is 0 Å². The summed E-state index contributed by atoms with van der Waals surface area (Å²) in [5.41, 5.74) is 7.47. The Morgan fingerprint density at radius 3 is 2.21 bits per heavy atom. The van der Waals surface area contributed by atoms with Crippen LogP contribution in [0.3, 0.4) is 0 Å². The number of nitrogen functional groups attached to an aromatic ring is 1. The number of anilines is 2. The third-order valence-electron chi connectivity index (χ3n) is 4.18. The molecule has 0 amide bonds. The van der Waals surface area contributed by atoms with Gasteiger partial charge in [0.15, 0.2) is 9.84 Å². The number of nitrogens with two attached hydrogens (primary N) is 1. The van der Waals surface area contributed by atoms with E-state index in [4.69, 9.17) is 17.3 Å². The average molecular weight is 529 g/mol. The minimum Gasteiger partial charge on any atom is -0.423 e. The van der Waals surface area contributed by atoms with Crippen LogP contribution in [-0.4, -0.2) is 57.3 Å². The molecule has 0 aliphatic heterocycles. The Hall–Kier alpha value is -1.29. The van der Waals surface area contributed by atoms with Crippen molar-refractivity contribution in [2.75, 3.05) is 49.3 Å². The molecule has 0 aliphatic rings. The van der Waals surface area contributed by atoms with Crippen LogP contribution in [0.2, 0.25) is 5.02 Å². The molecule has 176 valence electrons. The minimum atomic E-state index is -3.72. The van der Waals surface area contributed by atoms with E-state index in [9.17, 15) is 27.0 Å². The summed E-state index contributed by atoms with van der Waals surface area (Å²) in [4.78, 5) is 1.66. The van der Waals surface area contributed by atoms with E-state index < -0.39 is 33.2 Å². The molecule has 0 saturated carbocycles. The third kappa shape index (κ3) is 9.11. The number of nitrogens with zero attached hydrogens (tertiary/aromatic N) is 3. The van der Waals surface area contributed by atoms with Crippen molar-refractivity contribution in [2.24, 2.45) is 10.2 Å². The molecule has 33 heavy (non-hydrogen) atoms. The van der Waals surface area contributed by atoms with Crippen LogP contribution in [-0.2, 0) is 33.4 Å². The van der Waals surface area contributed by atoms with Gasteiger partial charge < -0.3 is 33.4 Å². The van der Waals surface area contributed by atoms with E-state index in [1.54, 1.807) is 11.0 Å². The first-order valence-corrected chi connectivity index (χ1v) is 12.2. The molecule has 0 atom stereocenters. The van der Waals surface area contributed by atoms with Gasteiger partial charge in [0.05, 0.1) is 56.9 Å². The third-order valence-corrected chi connectivity index (χ3v) is 6.53. The maximum absolute atomic E-state index is 12.2. The van der Waals surface area contributed by atoms with Crippen molar-refractivity contribution in [3.8, 4) is 0 Å². The molecule has 0 aliphatic carbocycles. The second-order valence-electron chi connectivity index (χ2n) is 6.34. The fourth-order valence-corrected chi connectivity index (χ4v) is 4.34. The number of halogens is 1. The van der Waals surface area contributed by atoms with Gasteiger partial charge in [-0.3, -0.25) is 0 Å². The van der Waals surface area contributed by atoms with Crippen molar-refractivity contribution in [2.45, 2.75) is 4.90 Å². The summed E-state index contributed by atoms with van der Waals surface area (Å²) in [5, 5.41) is 26.7.